The number of rotatable bonds is 1. The van der Waals surface area contributed by atoms with Gasteiger partial charge in [-0.1, -0.05) is 0 Å². The molecule has 0 unspecified atom stereocenters. The zero-order valence-electron chi connectivity index (χ0n) is 9.12. The van der Waals surface area contributed by atoms with Crippen molar-refractivity contribution in [1.82, 2.24) is 9.97 Å². The lowest BCUT2D eigenvalue weighted by molar-refractivity contribution is 0.0592. The minimum atomic E-state index is -3.22. The van der Waals surface area contributed by atoms with Crippen molar-refractivity contribution in [3.05, 3.63) is 32.1 Å². The highest BCUT2D eigenvalue weighted by Gasteiger charge is 2.12. The Bertz CT molecular complexity index is 581. The number of esters is 1. The molecule has 1 aromatic rings. The number of carbonyl (C=O) groups is 1. The average molecular weight is 337 g/mol. The van der Waals surface area contributed by atoms with E-state index in [1.807, 2.05) is 4.98 Å². The van der Waals surface area contributed by atoms with Gasteiger partial charge < -0.3 is 9.72 Å². The maximum absolute atomic E-state index is 11.0. The summed E-state index contributed by atoms with van der Waals surface area (Å²) in [6.07, 6.45) is 0. The van der Waals surface area contributed by atoms with Crippen LogP contribution in [-0.2, 0) is 9.30 Å². The molecule has 0 aromatic carbocycles. The fourth-order valence-electron chi connectivity index (χ4n) is 0.855. The van der Waals surface area contributed by atoms with Gasteiger partial charge >= 0.3 is 16.9 Å². The predicted octanol–water partition coefficient (Wildman–Crippen LogP) is 1.97. The summed E-state index contributed by atoms with van der Waals surface area (Å²) in [5, 5.41) is -3.22. The number of hydrogen-bond acceptors (Lipinski definition) is 5. The molecule has 0 spiro atoms. The van der Waals surface area contributed by atoms with Crippen molar-refractivity contribution in [2.75, 3.05) is 7.11 Å². The number of aromatic amines is 2. The molecule has 102 valence electrons. The summed E-state index contributed by atoms with van der Waals surface area (Å²) in [5.74, 6) is -0.735. The first-order chi connectivity index (χ1) is 8.06. The van der Waals surface area contributed by atoms with Crippen LogP contribution in [0.4, 0.5) is 0 Å². The van der Waals surface area contributed by atoms with Crippen LogP contribution >= 0.6 is 38.9 Å². The number of H-pyrrole nitrogens is 2. The number of carbonyl (C=O) groups excluding carboxylic acids is 1. The van der Waals surface area contributed by atoms with Crippen LogP contribution < -0.4 is 11.2 Å². The van der Waals surface area contributed by atoms with Crippen LogP contribution in [-0.4, -0.2) is 23.0 Å². The van der Waals surface area contributed by atoms with Gasteiger partial charge in [-0.05, 0) is 40.6 Å². The van der Waals surface area contributed by atoms with E-state index in [1.165, 1.54) is 14.0 Å². The zero-order chi connectivity index (χ0) is 14.5. The highest BCUT2D eigenvalue weighted by atomic mass is 36.0. The first-order valence-corrected chi connectivity index (χ1v) is 8.59. The molecule has 1 heterocycles. The van der Waals surface area contributed by atoms with E-state index in [0.29, 0.717) is 0 Å². The Hall–Kier alpha value is -0.750. The Morgan fingerprint density at radius 2 is 1.67 bits per heavy atom. The highest BCUT2D eigenvalue weighted by molar-refractivity contribution is 8.24. The van der Waals surface area contributed by atoms with Gasteiger partial charge in [0.05, 0.1) is 7.11 Å². The fraction of sp³-hybridized carbons (Fsp3) is 0.286. The molecule has 0 aliphatic carbocycles. The van der Waals surface area contributed by atoms with Crippen molar-refractivity contribution in [2.24, 2.45) is 0 Å². The molecule has 0 radical (unpaired) electrons. The van der Waals surface area contributed by atoms with Gasteiger partial charge in [0.1, 0.15) is 5.69 Å². The molecule has 18 heavy (non-hydrogen) atoms. The molecule has 0 saturated carbocycles. The third-order valence-electron chi connectivity index (χ3n) is 1.57. The van der Waals surface area contributed by atoms with E-state index in [4.69, 9.17) is 0 Å². The molecule has 2 N–H and O–H groups in total. The SMILES string of the molecule is COC(=O)c1[nH]c(=O)[nH]c(=O)c1C.O=P(Cl)(Cl)Cl. The topological polar surface area (TPSA) is 109 Å². The summed E-state index contributed by atoms with van der Waals surface area (Å²) in [4.78, 5) is 36.9. The highest BCUT2D eigenvalue weighted by Crippen LogP contribution is 2.61. The van der Waals surface area contributed by atoms with Crippen molar-refractivity contribution in [3.63, 3.8) is 0 Å². The number of nitrogens with one attached hydrogen (secondary N) is 2. The Balaban J connectivity index is 0.000000494. The Morgan fingerprint density at radius 1 is 1.22 bits per heavy atom. The summed E-state index contributed by atoms with van der Waals surface area (Å²) in [6, 6.07) is 0. The van der Waals surface area contributed by atoms with Crippen molar-refractivity contribution in [2.45, 2.75) is 6.92 Å². The van der Waals surface area contributed by atoms with Crippen LogP contribution in [0.25, 0.3) is 0 Å². The molecule has 0 amide bonds. The van der Waals surface area contributed by atoms with Crippen LogP contribution in [0.15, 0.2) is 9.59 Å². The molecule has 0 atom stereocenters. The zero-order valence-corrected chi connectivity index (χ0v) is 12.3. The second kappa shape index (κ2) is 6.99. The smallest absolute Gasteiger partial charge is 0.355 e. The molecule has 1 rings (SSSR count). The van der Waals surface area contributed by atoms with E-state index < -0.39 is 22.4 Å². The van der Waals surface area contributed by atoms with Gasteiger partial charge in [-0.15, -0.1) is 0 Å². The standard InChI is InChI=1S/C7H8N2O4.Cl3OP/c1-3-4(6(11)13-2)8-7(12)9-5(3)10;1-5(2,3)4/h1-2H3,(H2,8,9,10,12);. The van der Waals surface area contributed by atoms with Crippen molar-refractivity contribution >= 4 is 44.9 Å². The lowest BCUT2D eigenvalue weighted by Crippen LogP contribution is -2.28. The third kappa shape index (κ3) is 6.86. The van der Waals surface area contributed by atoms with Crippen LogP contribution in [0.1, 0.15) is 16.1 Å². The van der Waals surface area contributed by atoms with Gasteiger partial charge in [-0.3, -0.25) is 14.3 Å². The van der Waals surface area contributed by atoms with E-state index in [9.17, 15) is 18.9 Å². The molecular weight excluding hydrogens is 329 g/mol. The minimum absolute atomic E-state index is 0.115. The molecular formula is C7H8Cl3N2O5P. The molecule has 0 aliphatic rings. The maximum Gasteiger partial charge on any atom is 0.355 e. The van der Waals surface area contributed by atoms with Crippen molar-refractivity contribution in [1.29, 1.82) is 0 Å². The van der Waals surface area contributed by atoms with Gasteiger partial charge in [0, 0.05) is 5.56 Å². The van der Waals surface area contributed by atoms with Crippen molar-refractivity contribution < 1.29 is 14.1 Å². The van der Waals surface area contributed by atoms with E-state index in [-0.39, 0.29) is 11.3 Å². The minimum Gasteiger partial charge on any atom is -0.464 e. The second-order valence-electron chi connectivity index (χ2n) is 2.80. The Morgan fingerprint density at radius 3 is 2.06 bits per heavy atom. The van der Waals surface area contributed by atoms with Crippen LogP contribution in [0.3, 0.4) is 0 Å². The van der Waals surface area contributed by atoms with Gasteiger partial charge in [0.15, 0.2) is 0 Å². The number of hydrogen-bond donors (Lipinski definition) is 2. The summed E-state index contributed by atoms with van der Waals surface area (Å²) in [7, 11) is 1.17. The van der Waals surface area contributed by atoms with Gasteiger partial charge in [0.2, 0.25) is 0 Å². The van der Waals surface area contributed by atoms with Crippen molar-refractivity contribution in [3.8, 4) is 0 Å². The van der Waals surface area contributed by atoms with E-state index in [1.54, 1.807) is 0 Å². The molecule has 0 aliphatic heterocycles. The predicted molar refractivity (Wildman–Crippen MR) is 68.9 cm³/mol. The molecule has 11 heteroatoms. The molecule has 0 saturated heterocycles. The Kier molecular flexibility index (Phi) is 6.70. The summed E-state index contributed by atoms with van der Waals surface area (Å²) in [5.41, 5.74) is -1.30. The van der Waals surface area contributed by atoms with E-state index in [2.05, 4.69) is 43.4 Å². The molecule has 0 bridgehead atoms. The fourth-order valence-corrected chi connectivity index (χ4v) is 0.855. The van der Waals surface area contributed by atoms with Crippen LogP contribution in [0, 0.1) is 6.92 Å². The number of methoxy groups -OCH3 is 1. The average Bonchev–Trinajstić information content (AvgIpc) is 2.20. The first kappa shape index (κ1) is 17.2. The first-order valence-electron chi connectivity index (χ1n) is 4.16. The Labute approximate surface area is 115 Å². The normalized spacial score (nSPS) is 10.3. The summed E-state index contributed by atoms with van der Waals surface area (Å²) in [6.45, 7) is 1.42. The lowest BCUT2D eigenvalue weighted by Gasteiger charge is -2.00. The molecule has 0 fully saturated rings. The largest absolute Gasteiger partial charge is 0.464 e. The third-order valence-corrected chi connectivity index (χ3v) is 1.57. The number of ether oxygens (including phenoxy) is 1. The van der Waals surface area contributed by atoms with Gasteiger partial charge in [0.25, 0.3) is 5.56 Å². The van der Waals surface area contributed by atoms with Gasteiger partial charge in [-0.25, -0.2) is 9.59 Å². The summed E-state index contributed by atoms with van der Waals surface area (Å²) >= 11 is 13.8. The van der Waals surface area contributed by atoms with Crippen LogP contribution in [0.5, 0.6) is 0 Å². The molecule has 7 nitrogen and oxygen atoms in total. The monoisotopic (exact) mass is 336 g/mol. The number of aromatic nitrogens is 2. The van der Waals surface area contributed by atoms with E-state index >= 15 is 0 Å². The maximum atomic E-state index is 11.0. The lowest BCUT2D eigenvalue weighted by atomic mass is 10.2. The number of halogens is 3. The summed E-state index contributed by atoms with van der Waals surface area (Å²) < 4.78 is 13.9. The quantitative estimate of drug-likeness (QED) is 0.601. The van der Waals surface area contributed by atoms with Crippen LogP contribution in [0.2, 0.25) is 0 Å². The second-order valence-corrected chi connectivity index (χ2v) is 9.44. The molecule has 1 aromatic heterocycles. The van der Waals surface area contributed by atoms with Gasteiger partial charge in [-0.2, -0.15) is 0 Å². The van der Waals surface area contributed by atoms with E-state index in [0.717, 1.165) is 0 Å².